The van der Waals surface area contributed by atoms with Crippen molar-refractivity contribution in [1.29, 1.82) is 0 Å². The zero-order valence-electron chi connectivity index (χ0n) is 19.5. The van der Waals surface area contributed by atoms with E-state index in [-0.39, 0.29) is 32.4 Å². The van der Waals surface area contributed by atoms with Gasteiger partial charge >= 0.3 is 5.97 Å². The smallest absolute Gasteiger partial charge is 0.322 e. The molecule has 4 rings (SSSR count). The van der Waals surface area contributed by atoms with Crippen LogP contribution in [0.3, 0.4) is 0 Å². The zero-order chi connectivity index (χ0) is 25.4. The van der Waals surface area contributed by atoms with E-state index in [1.54, 1.807) is 49.1 Å². The minimum atomic E-state index is -0.454. The Bertz CT molecular complexity index is 1110. The number of esters is 1. The van der Waals surface area contributed by atoms with Crippen LogP contribution in [-0.2, 0) is 18.8 Å². The average molecular weight is 526 g/mol. The van der Waals surface area contributed by atoms with E-state index in [1.165, 1.54) is 7.11 Å². The first kappa shape index (κ1) is 26.8. The normalized spacial score (nSPS) is 20.5. The lowest BCUT2D eigenvalue weighted by Crippen LogP contribution is -2.29. The number of para-hydroxylation sites is 1. The number of phenols is 1. The first-order valence-corrected chi connectivity index (χ1v) is 12.1. The van der Waals surface area contributed by atoms with Gasteiger partial charge in [0.15, 0.2) is 23.2 Å². The number of halogens is 1. The summed E-state index contributed by atoms with van der Waals surface area (Å²) < 4.78 is 18.0. The number of anilines is 2. The molecular weight excluding hydrogens is 497 g/mol. The number of phenolic OH excluding ortho intramolecular Hbond substituents is 1. The van der Waals surface area contributed by atoms with Gasteiger partial charge in [-0.05, 0) is 25.5 Å². The lowest BCUT2D eigenvalue weighted by molar-refractivity contribution is -0.142. The maximum Gasteiger partial charge on any atom is 0.322 e. The Kier molecular flexibility index (Phi) is 9.82. The number of aromatic hydroxyl groups is 1. The Morgan fingerprint density at radius 2 is 2.14 bits per heavy atom. The van der Waals surface area contributed by atoms with Crippen molar-refractivity contribution in [2.45, 2.75) is 37.1 Å². The number of carbonyl (C=O) groups excluding carboxylic acids is 1. The third-order valence-electron chi connectivity index (χ3n) is 5.01. The molecule has 12 nitrogen and oxygen atoms in total. The number of nitrogens with two attached hydrogens (primary N) is 1. The van der Waals surface area contributed by atoms with Gasteiger partial charge in [0.2, 0.25) is 5.95 Å². The van der Waals surface area contributed by atoms with Crippen LogP contribution in [0.5, 0.6) is 5.75 Å². The van der Waals surface area contributed by atoms with Gasteiger partial charge in [0.1, 0.15) is 11.8 Å². The number of alkyl halides is 1. The predicted molar refractivity (Wildman–Crippen MR) is 134 cm³/mol. The standard InChI is InChI=1S/C15H23ClN7O4P.C6H6O/c1-7(14(24)25-3)22-28-26-5-8-4-9(16)13(27-8)23-6-19-10-11(18-2)20-15(17)21-12(10)23;7-6-4-2-1-3-5-6/h6-9,13,22,28H,4-5H2,1-3H3,(H3,17,18,20,21);1-5,7H. The molecule has 5 N–H and O–H groups in total. The highest BCUT2D eigenvalue weighted by molar-refractivity contribution is 7.29. The molecule has 3 heterocycles. The van der Waals surface area contributed by atoms with Crippen molar-refractivity contribution in [3.8, 4) is 5.75 Å². The SMILES string of the molecule is CNc1nc(N)nc2c1ncn2C1OC(COPNC(C)C(=O)OC)CC1Cl.Oc1ccccc1. The van der Waals surface area contributed by atoms with Crippen LogP contribution in [0.25, 0.3) is 11.2 Å². The van der Waals surface area contributed by atoms with Crippen molar-refractivity contribution in [1.82, 2.24) is 24.6 Å². The van der Waals surface area contributed by atoms with Crippen LogP contribution < -0.4 is 16.1 Å². The second-order valence-electron chi connectivity index (χ2n) is 7.54. The molecule has 190 valence electrons. The van der Waals surface area contributed by atoms with E-state index in [0.29, 0.717) is 35.8 Å². The summed E-state index contributed by atoms with van der Waals surface area (Å²) in [5.74, 6) is 0.651. The molecule has 5 atom stereocenters. The number of carbonyl (C=O) groups is 1. The number of methoxy groups -OCH3 is 1. The van der Waals surface area contributed by atoms with E-state index in [0.717, 1.165) is 0 Å². The molecule has 0 spiro atoms. The molecule has 0 bridgehead atoms. The highest BCUT2D eigenvalue weighted by atomic mass is 35.5. The molecule has 1 aliphatic rings. The number of fused-ring (bicyclic) bond motifs is 1. The van der Waals surface area contributed by atoms with Crippen molar-refractivity contribution in [2.75, 3.05) is 31.8 Å². The average Bonchev–Trinajstić information content (AvgIpc) is 3.44. The van der Waals surface area contributed by atoms with Crippen LogP contribution in [0.1, 0.15) is 19.6 Å². The first-order valence-electron chi connectivity index (χ1n) is 10.8. The number of nitrogens with one attached hydrogen (secondary N) is 2. The van der Waals surface area contributed by atoms with Gasteiger partial charge in [-0.2, -0.15) is 9.97 Å². The van der Waals surface area contributed by atoms with Crippen molar-refractivity contribution < 1.29 is 23.9 Å². The maximum absolute atomic E-state index is 11.3. The van der Waals surface area contributed by atoms with Crippen LogP contribution in [-0.4, -0.2) is 68.9 Å². The maximum atomic E-state index is 11.3. The Morgan fingerprint density at radius 3 is 2.77 bits per heavy atom. The van der Waals surface area contributed by atoms with Crippen molar-refractivity contribution in [3.05, 3.63) is 36.7 Å². The Morgan fingerprint density at radius 1 is 1.40 bits per heavy atom. The highest BCUT2D eigenvalue weighted by Crippen LogP contribution is 2.36. The lowest BCUT2D eigenvalue weighted by atomic mass is 10.2. The number of nitrogens with zero attached hydrogens (tertiary/aromatic N) is 4. The lowest BCUT2D eigenvalue weighted by Gasteiger charge is -2.17. The summed E-state index contributed by atoms with van der Waals surface area (Å²) in [6.07, 6.45) is 1.56. The minimum Gasteiger partial charge on any atom is -0.508 e. The fourth-order valence-electron chi connectivity index (χ4n) is 3.27. The van der Waals surface area contributed by atoms with E-state index in [2.05, 4.69) is 30.1 Å². The van der Waals surface area contributed by atoms with Crippen molar-refractivity contribution >= 4 is 49.5 Å². The molecule has 0 aliphatic carbocycles. The van der Waals surface area contributed by atoms with Crippen LogP contribution in [0.15, 0.2) is 36.7 Å². The van der Waals surface area contributed by atoms with Crippen LogP contribution in [0.4, 0.5) is 11.8 Å². The second kappa shape index (κ2) is 12.8. The van der Waals surface area contributed by atoms with Crippen LogP contribution >= 0.6 is 20.6 Å². The quantitative estimate of drug-likeness (QED) is 0.148. The van der Waals surface area contributed by atoms with Crippen molar-refractivity contribution in [3.63, 3.8) is 0 Å². The third kappa shape index (κ3) is 7.12. The van der Waals surface area contributed by atoms with Gasteiger partial charge in [0.05, 0.1) is 40.5 Å². The number of hydrogen-bond donors (Lipinski definition) is 4. The molecule has 3 aromatic rings. The fraction of sp³-hybridized carbons (Fsp3) is 0.429. The number of ether oxygens (including phenoxy) is 2. The molecule has 0 amide bonds. The summed E-state index contributed by atoms with van der Waals surface area (Å²) in [5, 5.41) is 14.2. The number of hydrogen-bond acceptors (Lipinski definition) is 11. The molecule has 0 radical (unpaired) electrons. The largest absolute Gasteiger partial charge is 0.508 e. The van der Waals surface area contributed by atoms with E-state index in [1.807, 2.05) is 6.07 Å². The number of rotatable bonds is 8. The fourth-order valence-corrected chi connectivity index (χ4v) is 4.30. The van der Waals surface area contributed by atoms with E-state index >= 15 is 0 Å². The van der Waals surface area contributed by atoms with E-state index in [4.69, 9.17) is 31.7 Å². The van der Waals surface area contributed by atoms with Gasteiger partial charge in [0.25, 0.3) is 0 Å². The van der Waals surface area contributed by atoms with Gasteiger partial charge < -0.3 is 30.2 Å². The first-order chi connectivity index (χ1) is 16.8. The molecule has 2 aromatic heterocycles. The van der Waals surface area contributed by atoms with E-state index in [9.17, 15) is 4.79 Å². The molecule has 5 unspecified atom stereocenters. The molecule has 35 heavy (non-hydrogen) atoms. The van der Waals surface area contributed by atoms with Crippen LogP contribution in [0.2, 0.25) is 0 Å². The van der Waals surface area contributed by atoms with E-state index < -0.39 is 12.3 Å². The molecule has 1 fully saturated rings. The second-order valence-corrected chi connectivity index (χ2v) is 8.88. The molecular formula is C21H29ClN7O5P. The molecule has 1 aromatic carbocycles. The summed E-state index contributed by atoms with van der Waals surface area (Å²) >= 11 is 6.51. The van der Waals surface area contributed by atoms with Crippen LogP contribution in [0, 0.1) is 0 Å². The molecule has 0 saturated carbocycles. The third-order valence-corrected chi connectivity index (χ3v) is 6.26. The van der Waals surface area contributed by atoms with Crippen molar-refractivity contribution in [2.24, 2.45) is 0 Å². The van der Waals surface area contributed by atoms with Gasteiger partial charge in [-0.1, -0.05) is 18.2 Å². The van der Waals surface area contributed by atoms with Gasteiger partial charge in [-0.15, -0.1) is 11.6 Å². The predicted octanol–water partition coefficient (Wildman–Crippen LogP) is 2.41. The molecule has 1 saturated heterocycles. The summed E-state index contributed by atoms with van der Waals surface area (Å²) in [6, 6.07) is 8.27. The molecule has 1 aliphatic heterocycles. The number of aromatic nitrogens is 4. The zero-order valence-corrected chi connectivity index (χ0v) is 21.3. The Balaban J connectivity index is 0.000000420. The highest BCUT2D eigenvalue weighted by Gasteiger charge is 2.36. The summed E-state index contributed by atoms with van der Waals surface area (Å²) in [7, 11) is 3.01. The van der Waals surface area contributed by atoms with Gasteiger partial charge in [-0.25, -0.2) is 4.98 Å². The van der Waals surface area contributed by atoms with Gasteiger partial charge in [-0.3, -0.25) is 14.4 Å². The van der Waals surface area contributed by atoms with Gasteiger partial charge in [0, 0.05) is 7.05 Å². The minimum absolute atomic E-state index is 0.0656. The number of nitrogen functional groups attached to an aromatic ring is 1. The monoisotopic (exact) mass is 525 g/mol. The Hall–Kier alpha value is -2.76. The topological polar surface area (TPSA) is 159 Å². The summed E-state index contributed by atoms with van der Waals surface area (Å²) in [4.78, 5) is 24.1. The Labute approximate surface area is 209 Å². The number of benzene rings is 1. The summed E-state index contributed by atoms with van der Waals surface area (Å²) in [5.41, 5.74) is 6.92. The summed E-state index contributed by atoms with van der Waals surface area (Å²) in [6.45, 7) is 2.04. The number of imidazole rings is 1. The molecule has 14 heteroatoms.